The van der Waals surface area contributed by atoms with Gasteiger partial charge in [0.05, 0.1) is 14.2 Å². The van der Waals surface area contributed by atoms with E-state index in [0.29, 0.717) is 11.4 Å². The molecule has 1 aliphatic heterocycles. The highest BCUT2D eigenvalue weighted by Gasteiger charge is 2.30. The number of benzene rings is 1. The molecule has 106 valence electrons. The van der Waals surface area contributed by atoms with E-state index in [2.05, 4.69) is 15.4 Å². The lowest BCUT2D eigenvalue weighted by Gasteiger charge is -2.27. The van der Waals surface area contributed by atoms with Gasteiger partial charge in [0.1, 0.15) is 17.5 Å². The molecule has 1 atom stereocenters. The van der Waals surface area contributed by atoms with Gasteiger partial charge in [-0.25, -0.2) is 4.79 Å². The Morgan fingerprint density at radius 3 is 2.40 bits per heavy atom. The zero-order valence-corrected chi connectivity index (χ0v) is 11.5. The van der Waals surface area contributed by atoms with Gasteiger partial charge in [-0.2, -0.15) is 0 Å². The average Bonchev–Trinajstić information content (AvgIpc) is 2.48. The summed E-state index contributed by atoms with van der Waals surface area (Å²) >= 11 is 0. The largest absolute Gasteiger partial charge is 0.497 e. The van der Waals surface area contributed by atoms with Gasteiger partial charge in [0, 0.05) is 5.70 Å². The molecule has 0 saturated heterocycles. The molecule has 0 bridgehead atoms. The molecule has 1 amide bonds. The van der Waals surface area contributed by atoms with Crippen molar-refractivity contribution in [2.75, 3.05) is 14.2 Å². The van der Waals surface area contributed by atoms with Crippen LogP contribution in [-0.2, 0) is 14.3 Å². The maximum atomic E-state index is 12.1. The lowest BCUT2D eigenvalue weighted by atomic mass is 10.0. The van der Waals surface area contributed by atoms with Crippen molar-refractivity contribution >= 4 is 11.9 Å². The molecule has 0 aliphatic carbocycles. The number of allylic oxidation sites excluding steroid dienone is 1. The normalized spacial score (nSPS) is 18.1. The van der Waals surface area contributed by atoms with Crippen LogP contribution >= 0.6 is 0 Å². The van der Waals surface area contributed by atoms with Crippen LogP contribution in [0.1, 0.15) is 18.5 Å². The van der Waals surface area contributed by atoms with Crippen molar-refractivity contribution in [1.29, 1.82) is 0 Å². The third-order valence-electron chi connectivity index (χ3n) is 3.08. The van der Waals surface area contributed by atoms with E-state index in [-0.39, 0.29) is 11.6 Å². The monoisotopic (exact) mass is 276 g/mol. The Labute approximate surface area is 116 Å². The highest BCUT2D eigenvalue weighted by Crippen LogP contribution is 2.22. The molecule has 20 heavy (non-hydrogen) atoms. The van der Waals surface area contributed by atoms with Crippen molar-refractivity contribution in [1.82, 2.24) is 10.6 Å². The van der Waals surface area contributed by atoms with Crippen LogP contribution in [-0.4, -0.2) is 26.1 Å². The summed E-state index contributed by atoms with van der Waals surface area (Å²) in [5, 5.41) is 5.58. The number of ether oxygens (including phenoxy) is 2. The summed E-state index contributed by atoms with van der Waals surface area (Å²) in [7, 11) is 2.85. The fraction of sp³-hybridized carbons (Fsp3) is 0.286. The van der Waals surface area contributed by atoms with Crippen molar-refractivity contribution in [2.24, 2.45) is 0 Å². The SMILES string of the molecule is COC(=O)C1=C(C)NC(c2ccc(OC)cc2)C(=O)N1. The third-order valence-corrected chi connectivity index (χ3v) is 3.08. The summed E-state index contributed by atoms with van der Waals surface area (Å²) in [6.45, 7) is 1.71. The molecule has 0 saturated carbocycles. The minimum absolute atomic E-state index is 0.141. The van der Waals surface area contributed by atoms with Crippen LogP contribution in [0.25, 0.3) is 0 Å². The first-order chi connectivity index (χ1) is 9.56. The van der Waals surface area contributed by atoms with Crippen LogP contribution in [0.15, 0.2) is 35.7 Å². The zero-order chi connectivity index (χ0) is 14.7. The van der Waals surface area contributed by atoms with E-state index in [0.717, 1.165) is 5.56 Å². The molecule has 1 heterocycles. The number of rotatable bonds is 3. The van der Waals surface area contributed by atoms with Crippen molar-refractivity contribution in [3.8, 4) is 5.75 Å². The highest BCUT2D eigenvalue weighted by atomic mass is 16.5. The van der Waals surface area contributed by atoms with Crippen molar-refractivity contribution in [3.63, 3.8) is 0 Å². The van der Waals surface area contributed by atoms with Crippen LogP contribution in [0.3, 0.4) is 0 Å². The number of hydrogen-bond acceptors (Lipinski definition) is 5. The minimum atomic E-state index is -0.573. The predicted octanol–water partition coefficient (Wildman–Crippen LogP) is 0.860. The molecule has 6 heteroatoms. The quantitative estimate of drug-likeness (QED) is 0.801. The van der Waals surface area contributed by atoms with Gasteiger partial charge in [-0.3, -0.25) is 4.79 Å². The lowest BCUT2D eigenvalue weighted by molar-refractivity contribution is -0.138. The molecular formula is C14H16N2O4. The molecule has 0 spiro atoms. The summed E-state index contributed by atoms with van der Waals surface area (Å²) in [4.78, 5) is 23.6. The van der Waals surface area contributed by atoms with Crippen molar-refractivity contribution in [2.45, 2.75) is 13.0 Å². The zero-order valence-electron chi connectivity index (χ0n) is 11.5. The fourth-order valence-corrected chi connectivity index (χ4v) is 1.98. The van der Waals surface area contributed by atoms with E-state index < -0.39 is 12.0 Å². The maximum Gasteiger partial charge on any atom is 0.356 e. The van der Waals surface area contributed by atoms with Crippen LogP contribution in [0, 0.1) is 0 Å². The highest BCUT2D eigenvalue weighted by molar-refractivity contribution is 5.97. The van der Waals surface area contributed by atoms with Gasteiger partial charge in [-0.05, 0) is 24.6 Å². The second kappa shape index (κ2) is 5.64. The van der Waals surface area contributed by atoms with Gasteiger partial charge in [0.2, 0.25) is 0 Å². The summed E-state index contributed by atoms with van der Waals surface area (Å²) < 4.78 is 9.69. The summed E-state index contributed by atoms with van der Waals surface area (Å²) in [6, 6.07) is 6.60. The van der Waals surface area contributed by atoms with E-state index in [1.165, 1.54) is 7.11 Å². The number of methoxy groups -OCH3 is 2. The van der Waals surface area contributed by atoms with Crippen LogP contribution < -0.4 is 15.4 Å². The maximum absolute atomic E-state index is 12.1. The molecule has 0 fully saturated rings. The van der Waals surface area contributed by atoms with Gasteiger partial charge in [-0.1, -0.05) is 12.1 Å². The van der Waals surface area contributed by atoms with Gasteiger partial charge >= 0.3 is 5.97 Å². The number of amides is 1. The second-order valence-corrected chi connectivity index (χ2v) is 4.33. The molecule has 1 aliphatic rings. The number of nitrogens with one attached hydrogen (secondary N) is 2. The Balaban J connectivity index is 2.25. The first kappa shape index (κ1) is 13.9. The minimum Gasteiger partial charge on any atom is -0.497 e. The fourth-order valence-electron chi connectivity index (χ4n) is 1.98. The molecule has 1 aromatic rings. The van der Waals surface area contributed by atoms with Gasteiger partial charge in [0.25, 0.3) is 5.91 Å². The average molecular weight is 276 g/mol. The van der Waals surface area contributed by atoms with E-state index in [1.807, 2.05) is 0 Å². The number of carbonyl (C=O) groups excluding carboxylic acids is 2. The number of carbonyl (C=O) groups is 2. The smallest absolute Gasteiger partial charge is 0.356 e. The standard InChI is InChI=1S/C14H16N2O4/c1-8-11(14(18)20-3)16-13(17)12(15-8)9-4-6-10(19-2)7-5-9/h4-7,12,15H,1-3H3,(H,16,17). The number of esters is 1. The Morgan fingerprint density at radius 1 is 1.20 bits per heavy atom. The topological polar surface area (TPSA) is 76.7 Å². The van der Waals surface area contributed by atoms with Crippen molar-refractivity contribution in [3.05, 3.63) is 41.2 Å². The van der Waals surface area contributed by atoms with E-state index in [9.17, 15) is 9.59 Å². The molecule has 6 nitrogen and oxygen atoms in total. The molecular weight excluding hydrogens is 260 g/mol. The van der Waals surface area contributed by atoms with Crippen LogP contribution in [0.4, 0.5) is 0 Å². The molecule has 1 aromatic carbocycles. The first-order valence-corrected chi connectivity index (χ1v) is 6.07. The van der Waals surface area contributed by atoms with E-state index in [1.54, 1.807) is 38.3 Å². The lowest BCUT2D eigenvalue weighted by Crippen LogP contribution is -2.45. The molecule has 2 N–H and O–H groups in total. The summed E-state index contributed by atoms with van der Waals surface area (Å²) in [5.74, 6) is -0.162. The number of hydrogen-bond donors (Lipinski definition) is 2. The Morgan fingerprint density at radius 2 is 1.85 bits per heavy atom. The van der Waals surface area contributed by atoms with Crippen LogP contribution in [0.2, 0.25) is 0 Å². The summed E-state index contributed by atoms with van der Waals surface area (Å²) in [5.41, 5.74) is 1.49. The first-order valence-electron chi connectivity index (χ1n) is 6.07. The molecule has 2 rings (SSSR count). The Hall–Kier alpha value is -2.50. The second-order valence-electron chi connectivity index (χ2n) is 4.33. The van der Waals surface area contributed by atoms with Gasteiger partial charge in [0.15, 0.2) is 0 Å². The molecule has 0 aromatic heterocycles. The molecule has 0 radical (unpaired) electrons. The third kappa shape index (κ3) is 2.59. The predicted molar refractivity (Wildman–Crippen MR) is 71.7 cm³/mol. The molecule has 1 unspecified atom stereocenters. The Bertz CT molecular complexity index is 563. The Kier molecular flexibility index (Phi) is 3.93. The van der Waals surface area contributed by atoms with E-state index >= 15 is 0 Å². The van der Waals surface area contributed by atoms with Crippen LogP contribution in [0.5, 0.6) is 5.75 Å². The van der Waals surface area contributed by atoms with Crippen molar-refractivity contribution < 1.29 is 19.1 Å². The van der Waals surface area contributed by atoms with E-state index in [4.69, 9.17) is 4.74 Å². The van der Waals surface area contributed by atoms with Gasteiger partial charge < -0.3 is 20.1 Å². The summed E-state index contributed by atoms with van der Waals surface area (Å²) in [6.07, 6.45) is 0. The van der Waals surface area contributed by atoms with Gasteiger partial charge in [-0.15, -0.1) is 0 Å².